The minimum absolute atomic E-state index is 0.307. The molecule has 3 aromatic carbocycles. The van der Waals surface area contributed by atoms with Gasteiger partial charge in [0.25, 0.3) is 0 Å². The molecule has 0 aliphatic heterocycles. The highest BCUT2D eigenvalue weighted by Crippen LogP contribution is 2.39. The van der Waals surface area contributed by atoms with E-state index in [0.29, 0.717) is 66.4 Å². The summed E-state index contributed by atoms with van der Waals surface area (Å²) in [5.74, 6) is 0. The number of hydrogen-bond acceptors (Lipinski definition) is 7. The Morgan fingerprint density at radius 2 is 1.82 bits per heavy atom. The van der Waals surface area contributed by atoms with Crippen LogP contribution in [0.1, 0.15) is 41.3 Å². The molecule has 2 N–H and O–H groups in total. The summed E-state index contributed by atoms with van der Waals surface area (Å²) in [6, 6.07) is 22.4. The molecule has 1 unspecified atom stereocenters. The fraction of sp³-hybridized carbons (Fsp3) is 0.138. The molecule has 1 atom stereocenters. The van der Waals surface area contributed by atoms with Gasteiger partial charge in [0.15, 0.2) is 0 Å². The van der Waals surface area contributed by atoms with E-state index in [4.69, 9.17) is 31.0 Å². The predicted molar refractivity (Wildman–Crippen MR) is 156 cm³/mol. The summed E-state index contributed by atoms with van der Waals surface area (Å²) in [4.78, 5) is 4.44. The summed E-state index contributed by atoms with van der Waals surface area (Å²) in [7, 11) is 7.08. The summed E-state index contributed by atoms with van der Waals surface area (Å²) in [6.45, 7) is 0. The molecule has 192 valence electrons. The molecule has 1 aliphatic rings. The minimum atomic E-state index is -1.36. The Morgan fingerprint density at radius 1 is 1.00 bits per heavy atom. The second-order valence-electron chi connectivity index (χ2n) is 9.59. The Morgan fingerprint density at radius 3 is 2.58 bits per heavy atom. The summed E-state index contributed by atoms with van der Waals surface area (Å²) in [5, 5.41) is 36.3. The molecule has 0 bridgehead atoms. The van der Waals surface area contributed by atoms with Gasteiger partial charge in [0, 0.05) is 28.0 Å². The lowest BCUT2D eigenvalue weighted by atomic mass is 9.69. The van der Waals surface area contributed by atoms with Crippen LogP contribution in [0.5, 0.6) is 0 Å². The van der Waals surface area contributed by atoms with E-state index in [0.717, 1.165) is 12.8 Å². The summed E-state index contributed by atoms with van der Waals surface area (Å²) < 4.78 is 1.82. The topological polar surface area (TPSA) is 115 Å². The average molecular weight is 561 g/mol. The number of aromatic nitrogens is 4. The Bertz CT molecular complexity index is 1850. The smallest absolute Gasteiger partial charge is 0.119 e. The minimum Gasteiger partial charge on any atom is -0.378 e. The van der Waals surface area contributed by atoms with E-state index in [2.05, 4.69) is 38.1 Å². The number of nitriles is 2. The van der Waals surface area contributed by atoms with Gasteiger partial charge in [-0.3, -0.25) is 4.98 Å². The van der Waals surface area contributed by atoms with Gasteiger partial charge in [0.1, 0.15) is 19.6 Å². The van der Waals surface area contributed by atoms with E-state index in [1.165, 1.54) is 6.20 Å². The Kier molecular flexibility index (Phi) is 6.55. The zero-order chi connectivity index (χ0) is 27.9. The van der Waals surface area contributed by atoms with Crippen LogP contribution < -0.4 is 10.6 Å². The number of pyridine rings is 1. The van der Waals surface area contributed by atoms with Crippen molar-refractivity contribution in [3.63, 3.8) is 0 Å². The van der Waals surface area contributed by atoms with Crippen LogP contribution in [0, 0.1) is 22.7 Å². The number of nitrogens with one attached hydrogen (secondary N) is 2. The molecule has 2 heterocycles. The highest BCUT2D eigenvalue weighted by atomic mass is 35.5. The van der Waals surface area contributed by atoms with Gasteiger partial charge in [-0.1, -0.05) is 46.6 Å². The van der Waals surface area contributed by atoms with Crippen molar-refractivity contribution in [1.82, 2.24) is 20.0 Å². The number of nitrogens with zero attached hydrogens (tertiary/aromatic N) is 6. The van der Waals surface area contributed by atoms with E-state index >= 15 is 0 Å². The van der Waals surface area contributed by atoms with E-state index in [1.54, 1.807) is 36.4 Å². The van der Waals surface area contributed by atoms with Crippen molar-refractivity contribution in [2.24, 2.45) is 0 Å². The van der Waals surface area contributed by atoms with Crippen LogP contribution in [0.15, 0.2) is 73.1 Å². The lowest BCUT2D eigenvalue weighted by Crippen LogP contribution is -2.38. The monoisotopic (exact) mass is 560 g/mol. The van der Waals surface area contributed by atoms with Crippen molar-refractivity contribution >= 4 is 59.0 Å². The summed E-state index contributed by atoms with van der Waals surface area (Å²) in [5.41, 5.74) is 2.79. The molecule has 11 heteroatoms. The lowest BCUT2D eigenvalue weighted by Gasteiger charge is -2.32. The first-order chi connectivity index (χ1) is 19.4. The predicted octanol–water partition coefficient (Wildman–Crippen LogP) is 6.44. The summed E-state index contributed by atoms with van der Waals surface area (Å²) >= 11 is 12.9. The molecule has 1 fully saturated rings. The average Bonchev–Trinajstić information content (AvgIpc) is 3.69. The van der Waals surface area contributed by atoms with E-state index in [-0.39, 0.29) is 0 Å². The largest absolute Gasteiger partial charge is 0.378 e. The number of benzene rings is 3. The van der Waals surface area contributed by atoms with Gasteiger partial charge in [-0.25, -0.2) is 4.68 Å². The van der Waals surface area contributed by atoms with Crippen LogP contribution in [-0.2, 0) is 5.44 Å². The molecule has 5 aromatic rings. The molecule has 1 saturated carbocycles. The molecule has 40 heavy (non-hydrogen) atoms. The normalized spacial score (nSPS) is 14.2. The third-order valence-corrected chi connectivity index (χ3v) is 7.29. The molecule has 1 aliphatic carbocycles. The molecule has 8 nitrogen and oxygen atoms in total. The second kappa shape index (κ2) is 10.2. The number of rotatable bonds is 7. The van der Waals surface area contributed by atoms with Crippen LogP contribution in [0.25, 0.3) is 10.9 Å². The zero-order valence-corrected chi connectivity index (χ0v) is 22.4. The molecular formula is C29H19BCl2N8. The number of fused-ring (bicyclic) bond motifs is 1. The van der Waals surface area contributed by atoms with Gasteiger partial charge < -0.3 is 10.6 Å². The fourth-order valence-corrected chi connectivity index (χ4v) is 5.04. The lowest BCUT2D eigenvalue weighted by molar-refractivity contribution is 0.610. The first kappa shape index (κ1) is 25.7. The maximum atomic E-state index is 9.87. The van der Waals surface area contributed by atoms with E-state index in [9.17, 15) is 10.5 Å². The van der Waals surface area contributed by atoms with Crippen LogP contribution in [0.2, 0.25) is 10.0 Å². The molecule has 6 rings (SSSR count). The first-order valence-electron chi connectivity index (χ1n) is 12.4. The third kappa shape index (κ3) is 4.82. The van der Waals surface area contributed by atoms with Crippen LogP contribution in [-0.4, -0.2) is 27.8 Å². The Labute approximate surface area is 241 Å². The highest BCUT2D eigenvalue weighted by Gasteiger charge is 2.34. The molecule has 0 amide bonds. The highest BCUT2D eigenvalue weighted by molar-refractivity contribution is 6.36. The molecule has 0 saturated heterocycles. The van der Waals surface area contributed by atoms with Crippen LogP contribution in [0.4, 0.5) is 17.1 Å². The Balaban J connectivity index is 1.49. The zero-order valence-electron chi connectivity index (χ0n) is 20.9. The van der Waals surface area contributed by atoms with Gasteiger partial charge in [-0.05, 0) is 60.9 Å². The third-order valence-electron chi connectivity index (χ3n) is 6.76. The molecule has 2 radical (unpaired) electrons. The first-order valence-corrected chi connectivity index (χ1v) is 13.2. The maximum absolute atomic E-state index is 9.87. The SMILES string of the molecule is [B]C(Nc1cc(Cl)c2ncc(C#N)c(Nc3cccc(Cl)c3)c2c1)(c1cccc(C#N)c1)c1cn(C2CC2)nn1. The van der Waals surface area contributed by atoms with Gasteiger partial charge in [0.2, 0.25) is 0 Å². The van der Waals surface area contributed by atoms with Crippen molar-refractivity contribution in [3.05, 3.63) is 105 Å². The summed E-state index contributed by atoms with van der Waals surface area (Å²) in [6.07, 6.45) is 5.38. The van der Waals surface area contributed by atoms with Gasteiger partial charge in [0.05, 0.1) is 51.1 Å². The van der Waals surface area contributed by atoms with Gasteiger partial charge in [-0.15, -0.1) is 5.10 Å². The van der Waals surface area contributed by atoms with Crippen molar-refractivity contribution < 1.29 is 0 Å². The van der Waals surface area contributed by atoms with Crippen molar-refractivity contribution in [1.29, 1.82) is 10.5 Å². The van der Waals surface area contributed by atoms with Crippen molar-refractivity contribution in [3.8, 4) is 12.1 Å². The van der Waals surface area contributed by atoms with E-state index in [1.807, 2.05) is 35.1 Å². The molecule has 2 aromatic heterocycles. The van der Waals surface area contributed by atoms with E-state index < -0.39 is 5.44 Å². The Hall–Kier alpha value is -4.57. The molecular weight excluding hydrogens is 542 g/mol. The van der Waals surface area contributed by atoms with Crippen LogP contribution in [0.3, 0.4) is 0 Å². The molecule has 0 spiro atoms. The van der Waals surface area contributed by atoms with Crippen LogP contribution >= 0.6 is 23.2 Å². The standard InChI is InChI=1S/C29H19BCl2N8/c30-29(19-4-1-3-17(9-19)13-33,26-16-40(39-38-26)23-7-8-23)37-22-11-24-27(36-21-6-2-5-20(31)10-21)18(14-34)15-35-28(24)25(32)12-22/h1-6,9-12,15-16,23,37H,7-8H2,(H,35,36). The maximum Gasteiger partial charge on any atom is 0.119 e. The van der Waals surface area contributed by atoms with Crippen molar-refractivity contribution in [2.75, 3.05) is 10.6 Å². The quantitative estimate of drug-likeness (QED) is 0.220. The number of halogens is 2. The second-order valence-corrected chi connectivity index (χ2v) is 10.4. The van der Waals surface area contributed by atoms with Gasteiger partial charge in [-0.2, -0.15) is 10.5 Å². The van der Waals surface area contributed by atoms with Gasteiger partial charge >= 0.3 is 0 Å². The fourth-order valence-electron chi connectivity index (χ4n) is 4.58. The van der Waals surface area contributed by atoms with Crippen molar-refractivity contribution in [2.45, 2.75) is 24.3 Å². The number of anilines is 3. The number of hydrogen-bond donors (Lipinski definition) is 2.